The quantitative estimate of drug-likeness (QED) is 0.450. The number of aryl methyl sites for hydroxylation is 1. The van der Waals surface area contributed by atoms with Gasteiger partial charge in [-0.25, -0.2) is 19.3 Å². The molecule has 0 amide bonds. The number of nitrogens with two attached hydrogens (primary N) is 2. The van der Waals surface area contributed by atoms with Gasteiger partial charge in [0.05, 0.1) is 15.9 Å². The van der Waals surface area contributed by atoms with Gasteiger partial charge in [0.1, 0.15) is 29.4 Å². The summed E-state index contributed by atoms with van der Waals surface area (Å²) in [5, 5.41) is 1.57. The van der Waals surface area contributed by atoms with Crippen LogP contribution in [0, 0.1) is 11.2 Å². The fourth-order valence-corrected chi connectivity index (χ4v) is 5.06. The number of rotatable bonds is 4. The maximum atomic E-state index is 14.6. The van der Waals surface area contributed by atoms with Crippen molar-refractivity contribution in [1.29, 1.82) is 0 Å². The van der Waals surface area contributed by atoms with E-state index in [1.54, 1.807) is 12.1 Å². The van der Waals surface area contributed by atoms with Crippen LogP contribution in [0.4, 0.5) is 16.0 Å². The second-order valence-electron chi connectivity index (χ2n) is 8.93. The summed E-state index contributed by atoms with van der Waals surface area (Å²) in [6, 6.07) is 7.40. The molecular weight excluding hydrogens is 415 g/mol. The minimum atomic E-state index is -0.313. The van der Waals surface area contributed by atoms with E-state index in [-0.39, 0.29) is 22.1 Å². The van der Waals surface area contributed by atoms with E-state index in [9.17, 15) is 4.39 Å². The van der Waals surface area contributed by atoms with Gasteiger partial charge in [-0.15, -0.1) is 0 Å². The van der Waals surface area contributed by atoms with Crippen molar-refractivity contribution in [2.24, 2.45) is 5.41 Å². The Morgan fingerprint density at radius 1 is 1.19 bits per heavy atom. The molecule has 5 rings (SSSR count). The summed E-state index contributed by atoms with van der Waals surface area (Å²) in [5.74, 6) is 0.422. The van der Waals surface area contributed by atoms with Crippen LogP contribution in [0.1, 0.15) is 44.2 Å². The molecule has 0 bridgehead atoms. The first-order chi connectivity index (χ1) is 14.8. The maximum Gasteiger partial charge on any atom is 0.145 e. The molecule has 8 heteroatoms. The maximum absolute atomic E-state index is 14.6. The molecule has 1 unspecified atom stereocenters. The van der Waals surface area contributed by atoms with Crippen LogP contribution in [0.5, 0.6) is 0 Å². The van der Waals surface area contributed by atoms with E-state index in [0.717, 1.165) is 48.7 Å². The number of hydrogen-bond donors (Lipinski definition) is 2. The number of nitrogen functional groups attached to an aromatic ring is 2. The second kappa shape index (κ2) is 7.34. The summed E-state index contributed by atoms with van der Waals surface area (Å²) in [5.41, 5.74) is 14.3. The van der Waals surface area contributed by atoms with Gasteiger partial charge in [0, 0.05) is 17.6 Å². The van der Waals surface area contributed by atoms with Gasteiger partial charge in [-0.1, -0.05) is 18.5 Å². The molecule has 31 heavy (non-hydrogen) atoms. The lowest BCUT2D eigenvalue weighted by Gasteiger charge is -2.25. The average Bonchev–Trinajstić information content (AvgIpc) is 3.33. The first-order valence-electron chi connectivity index (χ1n) is 10.4. The van der Waals surface area contributed by atoms with Crippen LogP contribution in [-0.4, -0.2) is 19.5 Å². The molecule has 1 saturated carbocycles. The molecule has 4 aromatic rings. The number of anilines is 2. The van der Waals surface area contributed by atoms with Crippen LogP contribution in [0.15, 0.2) is 36.8 Å². The number of pyridine rings is 1. The molecule has 3 aromatic heterocycles. The lowest BCUT2D eigenvalue weighted by molar-refractivity contribution is 0.295. The zero-order valence-electron chi connectivity index (χ0n) is 17.3. The standard InChI is InChI=1S/C23H24ClFN6/c1-23(5-2-13-8-18(25)16-10-17(24)21(27)30-19(16)9-13)6-3-14(11-23)31-7-4-15-20(26)28-12-29-22(15)31/h4,7-10,12,14H,2-3,5-6,11H2,1H3,(H2,27,30)(H2,26,28,29)/t14?,23-/m1/s1. The molecule has 1 aromatic carbocycles. The molecule has 0 saturated heterocycles. The van der Waals surface area contributed by atoms with Crippen molar-refractivity contribution in [3.8, 4) is 0 Å². The molecule has 160 valence electrons. The molecule has 3 heterocycles. The van der Waals surface area contributed by atoms with E-state index in [4.69, 9.17) is 23.1 Å². The highest BCUT2D eigenvalue weighted by Crippen LogP contribution is 2.47. The predicted octanol–water partition coefficient (Wildman–Crippen LogP) is 5.30. The van der Waals surface area contributed by atoms with Gasteiger partial charge in [0.25, 0.3) is 0 Å². The zero-order valence-corrected chi connectivity index (χ0v) is 18.0. The highest BCUT2D eigenvalue weighted by Gasteiger charge is 2.36. The Morgan fingerprint density at radius 3 is 2.87 bits per heavy atom. The first-order valence-corrected chi connectivity index (χ1v) is 10.8. The summed E-state index contributed by atoms with van der Waals surface area (Å²) < 4.78 is 16.8. The van der Waals surface area contributed by atoms with Gasteiger partial charge >= 0.3 is 0 Å². The van der Waals surface area contributed by atoms with E-state index in [1.165, 1.54) is 6.33 Å². The number of aromatic nitrogens is 4. The molecule has 2 atom stereocenters. The molecule has 6 nitrogen and oxygen atoms in total. The van der Waals surface area contributed by atoms with E-state index in [0.29, 0.717) is 22.8 Å². The molecule has 0 radical (unpaired) electrons. The summed E-state index contributed by atoms with van der Waals surface area (Å²) in [7, 11) is 0. The Kier molecular flexibility index (Phi) is 4.73. The van der Waals surface area contributed by atoms with Crippen molar-refractivity contribution >= 4 is 45.2 Å². The third kappa shape index (κ3) is 3.57. The highest BCUT2D eigenvalue weighted by atomic mass is 35.5. The molecule has 0 aliphatic heterocycles. The SMILES string of the molecule is C[C@@]1(CCc2cc(F)c3cc(Cl)c(N)nc3c2)CCC(n2ccc3c(N)ncnc32)C1. The van der Waals surface area contributed by atoms with Crippen molar-refractivity contribution in [1.82, 2.24) is 19.5 Å². The Labute approximate surface area is 184 Å². The predicted molar refractivity (Wildman–Crippen MR) is 122 cm³/mol. The van der Waals surface area contributed by atoms with Crippen LogP contribution < -0.4 is 11.5 Å². The largest absolute Gasteiger partial charge is 0.383 e. The van der Waals surface area contributed by atoms with Gasteiger partial charge in [-0.2, -0.15) is 0 Å². The van der Waals surface area contributed by atoms with Gasteiger partial charge in [-0.3, -0.25) is 0 Å². The minimum absolute atomic E-state index is 0.164. The van der Waals surface area contributed by atoms with Crippen LogP contribution >= 0.6 is 11.6 Å². The second-order valence-corrected chi connectivity index (χ2v) is 9.33. The van der Waals surface area contributed by atoms with Gasteiger partial charge < -0.3 is 16.0 Å². The smallest absolute Gasteiger partial charge is 0.145 e. The van der Waals surface area contributed by atoms with Crippen LogP contribution in [-0.2, 0) is 6.42 Å². The van der Waals surface area contributed by atoms with Crippen molar-refractivity contribution in [2.75, 3.05) is 11.5 Å². The molecular formula is C23H24ClFN6. The summed E-state index contributed by atoms with van der Waals surface area (Å²) in [4.78, 5) is 12.8. The summed E-state index contributed by atoms with van der Waals surface area (Å²) in [6.07, 6.45) is 8.55. The third-order valence-corrected chi connectivity index (χ3v) is 6.99. The van der Waals surface area contributed by atoms with E-state index in [2.05, 4.69) is 32.6 Å². The Hall–Kier alpha value is -2.93. The highest BCUT2D eigenvalue weighted by molar-refractivity contribution is 6.33. The molecule has 0 spiro atoms. The van der Waals surface area contributed by atoms with Gasteiger partial charge in [-0.05, 0) is 67.3 Å². The van der Waals surface area contributed by atoms with Gasteiger partial charge in [0.2, 0.25) is 0 Å². The number of benzene rings is 1. The Balaban J connectivity index is 1.34. The lowest BCUT2D eigenvalue weighted by atomic mass is 9.82. The van der Waals surface area contributed by atoms with Crippen LogP contribution in [0.25, 0.3) is 21.9 Å². The fraction of sp³-hybridized carbons (Fsp3) is 0.348. The van der Waals surface area contributed by atoms with Crippen LogP contribution in [0.2, 0.25) is 5.02 Å². The van der Waals surface area contributed by atoms with E-state index >= 15 is 0 Å². The van der Waals surface area contributed by atoms with Crippen molar-refractivity contribution in [2.45, 2.75) is 45.1 Å². The normalized spacial score (nSPS) is 21.3. The molecule has 1 aliphatic carbocycles. The molecule has 1 fully saturated rings. The fourth-order valence-electron chi connectivity index (χ4n) is 4.91. The molecule has 1 aliphatic rings. The summed E-state index contributed by atoms with van der Waals surface area (Å²) >= 11 is 5.99. The van der Waals surface area contributed by atoms with E-state index < -0.39 is 0 Å². The monoisotopic (exact) mass is 438 g/mol. The number of nitrogens with zero attached hydrogens (tertiary/aromatic N) is 4. The number of halogens is 2. The Bertz CT molecular complexity index is 1300. The zero-order chi connectivity index (χ0) is 21.8. The number of fused-ring (bicyclic) bond motifs is 2. The average molecular weight is 439 g/mol. The van der Waals surface area contributed by atoms with Crippen molar-refractivity contribution in [3.05, 3.63) is 53.2 Å². The van der Waals surface area contributed by atoms with Crippen molar-refractivity contribution in [3.63, 3.8) is 0 Å². The van der Waals surface area contributed by atoms with Crippen LogP contribution in [0.3, 0.4) is 0 Å². The van der Waals surface area contributed by atoms with E-state index in [1.807, 2.05) is 12.1 Å². The third-order valence-electron chi connectivity index (χ3n) is 6.68. The van der Waals surface area contributed by atoms with Crippen molar-refractivity contribution < 1.29 is 4.39 Å². The summed E-state index contributed by atoms with van der Waals surface area (Å²) in [6.45, 7) is 2.31. The first kappa shape index (κ1) is 20.0. The number of hydrogen-bond acceptors (Lipinski definition) is 5. The van der Waals surface area contributed by atoms with Gasteiger partial charge in [0.15, 0.2) is 0 Å². The lowest BCUT2D eigenvalue weighted by Crippen LogP contribution is -2.14. The Morgan fingerprint density at radius 2 is 2.03 bits per heavy atom. The minimum Gasteiger partial charge on any atom is -0.383 e. The topological polar surface area (TPSA) is 95.6 Å². The molecule has 4 N–H and O–H groups in total.